The molecule has 0 saturated heterocycles. The first-order valence-corrected chi connectivity index (χ1v) is 4.72. The summed E-state index contributed by atoms with van der Waals surface area (Å²) in [5, 5.41) is 12.2. The standard InChI is InChI=1S/CH5N3O5S2/c2-11(8,9)4-10(7)3-1(5)6/h3-4H,(H,5,6)(H2,2,8,9). The van der Waals surface area contributed by atoms with Gasteiger partial charge in [0.25, 0.3) is 10.2 Å². The van der Waals surface area contributed by atoms with E-state index in [1.54, 1.807) is 0 Å². The third-order valence-electron chi connectivity index (χ3n) is 0.372. The van der Waals surface area contributed by atoms with Crippen molar-refractivity contribution in [2.24, 2.45) is 5.14 Å². The van der Waals surface area contributed by atoms with Crippen molar-refractivity contribution in [3.63, 3.8) is 0 Å². The van der Waals surface area contributed by atoms with Crippen LogP contribution in [0.2, 0.25) is 0 Å². The maximum atomic E-state index is 10.3. The Morgan fingerprint density at radius 1 is 1.55 bits per heavy atom. The van der Waals surface area contributed by atoms with Gasteiger partial charge in [0.05, 0.1) is 0 Å². The van der Waals surface area contributed by atoms with Gasteiger partial charge in [-0.25, -0.2) is 18.9 Å². The average molecular weight is 203 g/mol. The molecule has 0 saturated carbocycles. The lowest BCUT2D eigenvalue weighted by atomic mass is 11.3. The number of amides is 1. The van der Waals surface area contributed by atoms with Gasteiger partial charge in [0, 0.05) is 0 Å². The van der Waals surface area contributed by atoms with Crippen LogP contribution in [-0.4, -0.2) is 23.8 Å². The predicted molar refractivity (Wildman–Crippen MR) is 35.5 cm³/mol. The Kier molecular flexibility index (Phi) is 3.38. The molecule has 10 heteroatoms. The molecule has 0 aromatic heterocycles. The Morgan fingerprint density at radius 2 is 2.00 bits per heavy atom. The molecule has 0 aliphatic rings. The van der Waals surface area contributed by atoms with E-state index in [2.05, 4.69) is 5.14 Å². The van der Waals surface area contributed by atoms with E-state index in [4.69, 9.17) is 5.11 Å². The highest BCUT2D eigenvalue weighted by Gasteiger charge is 2.09. The molecule has 1 atom stereocenters. The summed E-state index contributed by atoms with van der Waals surface area (Å²) < 4.78 is 33.0. The summed E-state index contributed by atoms with van der Waals surface area (Å²) in [7, 11) is -4.14. The Morgan fingerprint density at radius 3 is 2.27 bits per heavy atom. The fraction of sp³-hybridized carbons (Fsp3) is 0. The van der Waals surface area contributed by atoms with Crippen LogP contribution in [0.1, 0.15) is 0 Å². The van der Waals surface area contributed by atoms with E-state index in [0.717, 1.165) is 0 Å². The zero-order chi connectivity index (χ0) is 9.07. The quantitative estimate of drug-likeness (QED) is 0.406. The van der Waals surface area contributed by atoms with Gasteiger partial charge in [-0.2, -0.15) is 8.42 Å². The van der Waals surface area contributed by atoms with E-state index >= 15 is 0 Å². The highest BCUT2D eigenvalue weighted by molar-refractivity contribution is 8.00. The lowest BCUT2D eigenvalue weighted by Crippen LogP contribution is -2.40. The van der Waals surface area contributed by atoms with Gasteiger partial charge in [0.2, 0.25) is 11.2 Å². The van der Waals surface area contributed by atoms with Gasteiger partial charge >= 0.3 is 6.09 Å². The molecule has 0 aliphatic heterocycles. The van der Waals surface area contributed by atoms with E-state index in [-0.39, 0.29) is 0 Å². The molecule has 0 spiro atoms. The van der Waals surface area contributed by atoms with Crippen molar-refractivity contribution in [3.05, 3.63) is 0 Å². The largest absolute Gasteiger partial charge is 0.464 e. The maximum absolute atomic E-state index is 10.3. The minimum Gasteiger partial charge on any atom is -0.464 e. The number of carbonyl (C=O) groups is 1. The average Bonchev–Trinajstić information content (AvgIpc) is 1.53. The molecule has 0 aromatic rings. The molecule has 0 aromatic carbocycles. The molecule has 0 fully saturated rings. The van der Waals surface area contributed by atoms with Crippen molar-refractivity contribution in [1.29, 1.82) is 0 Å². The highest BCUT2D eigenvalue weighted by atomic mass is 32.3. The zero-order valence-electron chi connectivity index (χ0n) is 4.97. The Hall–Kier alpha value is -0.710. The SMILES string of the molecule is NS(=O)(=O)NS(=O)NC(=O)O. The molecule has 1 unspecified atom stereocenters. The van der Waals surface area contributed by atoms with Gasteiger partial charge in [-0.1, -0.05) is 0 Å². The summed E-state index contributed by atoms with van der Waals surface area (Å²) in [6.45, 7) is 0. The molecule has 0 heterocycles. The van der Waals surface area contributed by atoms with Crippen LogP contribution in [0.4, 0.5) is 4.79 Å². The molecule has 8 nitrogen and oxygen atoms in total. The number of carboxylic acid groups (broad SMARTS) is 1. The number of hydrogen-bond donors (Lipinski definition) is 4. The molecule has 0 rings (SSSR count). The van der Waals surface area contributed by atoms with Crippen LogP contribution >= 0.6 is 0 Å². The van der Waals surface area contributed by atoms with Crippen LogP contribution in [-0.2, 0) is 21.4 Å². The first kappa shape index (κ1) is 10.3. The van der Waals surface area contributed by atoms with Crippen molar-refractivity contribution in [1.82, 2.24) is 8.85 Å². The molecule has 5 N–H and O–H groups in total. The monoisotopic (exact) mass is 203 g/mol. The molecule has 0 aliphatic carbocycles. The van der Waals surface area contributed by atoms with Gasteiger partial charge < -0.3 is 5.11 Å². The van der Waals surface area contributed by atoms with Gasteiger partial charge in [-0.15, -0.1) is 4.13 Å². The molecule has 0 radical (unpaired) electrons. The number of rotatable bonds is 3. The first-order valence-electron chi connectivity index (χ1n) is 2.03. The lowest BCUT2D eigenvalue weighted by molar-refractivity contribution is 0.201. The van der Waals surface area contributed by atoms with Gasteiger partial charge in [-0.05, 0) is 0 Å². The number of nitrogens with one attached hydrogen (secondary N) is 2. The first-order chi connectivity index (χ1) is 4.81. The van der Waals surface area contributed by atoms with Crippen molar-refractivity contribution in [2.45, 2.75) is 0 Å². The van der Waals surface area contributed by atoms with E-state index in [1.165, 1.54) is 8.85 Å². The summed E-state index contributed by atoms with van der Waals surface area (Å²) in [5.74, 6) is 0. The third-order valence-corrected chi connectivity index (χ3v) is 2.27. The molecular formula is CH5N3O5S2. The van der Waals surface area contributed by atoms with Gasteiger partial charge in [0.1, 0.15) is 0 Å². The van der Waals surface area contributed by atoms with Crippen molar-refractivity contribution in [3.8, 4) is 0 Å². The van der Waals surface area contributed by atoms with Crippen molar-refractivity contribution in [2.75, 3.05) is 0 Å². The van der Waals surface area contributed by atoms with Crippen LogP contribution in [0.3, 0.4) is 0 Å². The topological polar surface area (TPSA) is 139 Å². The molecule has 11 heavy (non-hydrogen) atoms. The van der Waals surface area contributed by atoms with E-state index < -0.39 is 27.5 Å². The summed E-state index contributed by atoms with van der Waals surface area (Å²) in [6, 6.07) is 0. The van der Waals surface area contributed by atoms with E-state index in [1.807, 2.05) is 0 Å². The summed E-state index contributed by atoms with van der Waals surface area (Å²) in [6.07, 6.45) is -1.63. The Balaban J connectivity index is 4.01. The molecule has 1 amide bonds. The smallest absolute Gasteiger partial charge is 0.417 e. The number of hydrogen-bond acceptors (Lipinski definition) is 4. The fourth-order valence-corrected chi connectivity index (χ4v) is 1.37. The molecule has 0 bridgehead atoms. The Bertz CT molecular complexity index is 267. The minimum absolute atomic E-state index is 1.28. The normalized spacial score (nSPS) is 13.9. The summed E-state index contributed by atoms with van der Waals surface area (Å²) in [4.78, 5) is 9.72. The second kappa shape index (κ2) is 3.61. The van der Waals surface area contributed by atoms with Gasteiger partial charge in [0.15, 0.2) is 0 Å². The van der Waals surface area contributed by atoms with Crippen LogP contribution in [0.25, 0.3) is 0 Å². The van der Waals surface area contributed by atoms with E-state index in [9.17, 15) is 17.4 Å². The van der Waals surface area contributed by atoms with Gasteiger partial charge in [-0.3, -0.25) is 0 Å². The fourth-order valence-electron chi connectivity index (χ4n) is 0.206. The lowest BCUT2D eigenvalue weighted by Gasteiger charge is -1.98. The number of nitrogens with two attached hydrogens (primary N) is 1. The zero-order valence-corrected chi connectivity index (χ0v) is 6.61. The van der Waals surface area contributed by atoms with Crippen LogP contribution in [0, 0.1) is 0 Å². The minimum atomic E-state index is -4.14. The summed E-state index contributed by atoms with van der Waals surface area (Å²) >= 11 is -2.43. The molecular weight excluding hydrogens is 198 g/mol. The van der Waals surface area contributed by atoms with E-state index in [0.29, 0.717) is 0 Å². The van der Waals surface area contributed by atoms with Crippen LogP contribution < -0.4 is 14.0 Å². The molecule has 66 valence electrons. The third kappa shape index (κ3) is 7.18. The van der Waals surface area contributed by atoms with Crippen molar-refractivity contribution < 1.29 is 22.5 Å². The van der Waals surface area contributed by atoms with Crippen molar-refractivity contribution >= 4 is 27.5 Å². The maximum Gasteiger partial charge on any atom is 0.417 e. The highest BCUT2D eigenvalue weighted by Crippen LogP contribution is 1.72. The summed E-state index contributed by atoms with van der Waals surface area (Å²) in [5.41, 5.74) is 0. The predicted octanol–water partition coefficient (Wildman–Crippen LogP) is -2.37. The second-order valence-corrected chi connectivity index (χ2v) is 3.80. The second-order valence-electron chi connectivity index (χ2n) is 1.30. The van der Waals surface area contributed by atoms with Crippen LogP contribution in [0.5, 0.6) is 0 Å². The van der Waals surface area contributed by atoms with Crippen LogP contribution in [0.15, 0.2) is 0 Å². The Labute approximate surface area is 64.7 Å².